The van der Waals surface area contributed by atoms with Crippen LogP contribution in [0.15, 0.2) is 24.3 Å². The monoisotopic (exact) mass is 295 g/mol. The molecular weight excluding hydrogens is 278 g/mol. The Morgan fingerprint density at radius 1 is 1.40 bits per heavy atom. The predicted molar refractivity (Wildman–Crippen MR) is 78.0 cm³/mol. The lowest BCUT2D eigenvalue weighted by Crippen LogP contribution is -2.24. The van der Waals surface area contributed by atoms with E-state index in [0.29, 0.717) is 31.7 Å². The van der Waals surface area contributed by atoms with Crippen molar-refractivity contribution in [3.05, 3.63) is 29.8 Å². The van der Waals surface area contributed by atoms with E-state index in [1.165, 1.54) is 7.11 Å². The first-order valence-electron chi connectivity index (χ1n) is 6.66. The van der Waals surface area contributed by atoms with Gasteiger partial charge in [0.1, 0.15) is 0 Å². The fourth-order valence-electron chi connectivity index (χ4n) is 2.33. The van der Waals surface area contributed by atoms with Crippen molar-refractivity contribution in [2.24, 2.45) is 5.92 Å². The number of aryl methyl sites for hydroxylation is 1. The van der Waals surface area contributed by atoms with Crippen molar-refractivity contribution in [2.75, 3.05) is 24.4 Å². The van der Waals surface area contributed by atoms with Gasteiger partial charge in [0.05, 0.1) is 7.11 Å². The van der Waals surface area contributed by atoms with Crippen LogP contribution < -0.4 is 4.90 Å². The molecule has 0 spiro atoms. The molecule has 108 valence electrons. The molecule has 1 saturated heterocycles. The van der Waals surface area contributed by atoms with E-state index >= 15 is 0 Å². The van der Waals surface area contributed by atoms with Crippen LogP contribution in [0.1, 0.15) is 18.4 Å². The zero-order valence-electron chi connectivity index (χ0n) is 11.5. The van der Waals surface area contributed by atoms with Crippen LogP contribution >= 0.6 is 11.6 Å². The highest BCUT2D eigenvalue weighted by molar-refractivity contribution is 6.18. The molecule has 1 fully saturated rings. The first-order chi connectivity index (χ1) is 9.63. The van der Waals surface area contributed by atoms with Gasteiger partial charge in [-0.3, -0.25) is 9.59 Å². The molecule has 4 nitrogen and oxygen atoms in total. The first-order valence-corrected chi connectivity index (χ1v) is 7.19. The Morgan fingerprint density at radius 3 is 2.65 bits per heavy atom. The molecule has 0 aromatic heterocycles. The van der Waals surface area contributed by atoms with Gasteiger partial charge in [-0.1, -0.05) is 12.1 Å². The van der Waals surface area contributed by atoms with Crippen LogP contribution in [0.2, 0.25) is 0 Å². The summed E-state index contributed by atoms with van der Waals surface area (Å²) in [7, 11) is 1.39. The number of anilines is 1. The maximum Gasteiger partial charge on any atom is 0.305 e. The molecule has 5 heteroatoms. The lowest BCUT2D eigenvalue weighted by molar-refractivity contribution is -0.140. The van der Waals surface area contributed by atoms with Crippen LogP contribution in [0.3, 0.4) is 0 Å². The van der Waals surface area contributed by atoms with Gasteiger partial charge >= 0.3 is 5.97 Å². The van der Waals surface area contributed by atoms with Gasteiger partial charge in [0.2, 0.25) is 5.91 Å². The van der Waals surface area contributed by atoms with Crippen LogP contribution in [0, 0.1) is 5.92 Å². The number of hydrogen-bond acceptors (Lipinski definition) is 3. The first kappa shape index (κ1) is 14.9. The number of benzene rings is 1. The third-order valence-corrected chi connectivity index (χ3v) is 3.95. The van der Waals surface area contributed by atoms with E-state index in [1.54, 1.807) is 4.90 Å². The van der Waals surface area contributed by atoms with Crippen LogP contribution in [0.4, 0.5) is 5.69 Å². The smallest absolute Gasteiger partial charge is 0.305 e. The average Bonchev–Trinajstić information content (AvgIpc) is 2.86. The lowest BCUT2D eigenvalue weighted by atomic mass is 10.1. The van der Waals surface area contributed by atoms with E-state index in [2.05, 4.69) is 4.74 Å². The third kappa shape index (κ3) is 3.51. The molecule has 1 unspecified atom stereocenters. The molecule has 1 aliphatic heterocycles. The summed E-state index contributed by atoms with van der Waals surface area (Å²) < 4.78 is 4.61. The fourth-order valence-corrected chi connectivity index (χ4v) is 2.53. The molecule has 20 heavy (non-hydrogen) atoms. The molecule has 0 aliphatic carbocycles. The SMILES string of the molecule is COC(=O)CCc1ccc(N2CC(CCl)CC2=O)cc1. The number of rotatable bonds is 5. The summed E-state index contributed by atoms with van der Waals surface area (Å²) in [5.41, 5.74) is 1.95. The number of ether oxygens (including phenoxy) is 1. The largest absolute Gasteiger partial charge is 0.469 e. The minimum atomic E-state index is -0.214. The van der Waals surface area contributed by atoms with Crippen molar-refractivity contribution in [1.82, 2.24) is 0 Å². The molecule has 1 aliphatic rings. The summed E-state index contributed by atoms with van der Waals surface area (Å²) in [6.07, 6.45) is 1.53. The second-order valence-corrected chi connectivity index (χ2v) is 5.28. The van der Waals surface area contributed by atoms with E-state index in [9.17, 15) is 9.59 Å². The molecular formula is C15H18ClNO3. The maximum atomic E-state index is 11.9. The number of carbonyl (C=O) groups is 2. The van der Waals surface area contributed by atoms with Crippen LogP contribution in [0.25, 0.3) is 0 Å². The Balaban J connectivity index is 1.98. The molecule has 1 aromatic carbocycles. The Hall–Kier alpha value is -1.55. The highest BCUT2D eigenvalue weighted by atomic mass is 35.5. The van der Waals surface area contributed by atoms with Gasteiger partial charge in [-0.25, -0.2) is 0 Å². The second kappa shape index (κ2) is 6.75. The summed E-state index contributed by atoms with van der Waals surface area (Å²) >= 11 is 5.81. The minimum absolute atomic E-state index is 0.123. The molecule has 1 atom stereocenters. The summed E-state index contributed by atoms with van der Waals surface area (Å²) in [6, 6.07) is 7.72. The van der Waals surface area contributed by atoms with E-state index in [1.807, 2.05) is 24.3 Å². The van der Waals surface area contributed by atoms with Gasteiger partial charge in [-0.15, -0.1) is 11.6 Å². The maximum absolute atomic E-state index is 11.9. The Kier molecular flexibility index (Phi) is 5.01. The van der Waals surface area contributed by atoms with E-state index < -0.39 is 0 Å². The molecule has 0 N–H and O–H groups in total. The number of esters is 1. The molecule has 1 amide bonds. The molecule has 1 heterocycles. The van der Waals surface area contributed by atoms with Gasteiger partial charge < -0.3 is 9.64 Å². The molecule has 2 rings (SSSR count). The normalized spacial score (nSPS) is 18.4. The quantitative estimate of drug-likeness (QED) is 0.619. The third-order valence-electron chi connectivity index (χ3n) is 3.52. The molecule has 1 aromatic rings. The highest BCUT2D eigenvalue weighted by Crippen LogP contribution is 2.26. The van der Waals surface area contributed by atoms with Gasteiger partial charge in [-0.05, 0) is 30.0 Å². The fraction of sp³-hybridized carbons (Fsp3) is 0.467. The average molecular weight is 296 g/mol. The molecule has 0 saturated carbocycles. The Morgan fingerprint density at radius 2 is 2.10 bits per heavy atom. The van der Waals surface area contributed by atoms with Crippen LogP contribution in [-0.4, -0.2) is 31.4 Å². The number of alkyl halides is 1. The predicted octanol–water partition coefficient (Wildman–Crippen LogP) is 2.38. The zero-order chi connectivity index (χ0) is 14.5. The molecule has 0 bridgehead atoms. The number of hydrogen-bond donors (Lipinski definition) is 0. The Labute approximate surface area is 123 Å². The summed E-state index contributed by atoms with van der Waals surface area (Å²) in [5, 5.41) is 0. The van der Waals surface area contributed by atoms with Gasteiger partial charge in [0.15, 0.2) is 0 Å². The van der Waals surface area contributed by atoms with Gasteiger partial charge in [0, 0.05) is 31.0 Å². The van der Waals surface area contributed by atoms with Crippen molar-refractivity contribution in [3.63, 3.8) is 0 Å². The standard InChI is InChI=1S/C15H18ClNO3/c1-20-15(19)7-4-11-2-5-13(6-3-11)17-10-12(9-16)8-14(17)18/h2-3,5-6,12H,4,7-10H2,1H3. The van der Waals surface area contributed by atoms with Gasteiger partial charge in [-0.2, -0.15) is 0 Å². The Bertz CT molecular complexity index is 486. The minimum Gasteiger partial charge on any atom is -0.469 e. The number of methoxy groups -OCH3 is 1. The number of nitrogens with zero attached hydrogens (tertiary/aromatic N) is 1. The van der Waals surface area contributed by atoms with Crippen LogP contribution in [-0.2, 0) is 20.7 Å². The second-order valence-electron chi connectivity index (χ2n) is 4.97. The number of amides is 1. The van der Waals surface area contributed by atoms with Gasteiger partial charge in [0.25, 0.3) is 0 Å². The topological polar surface area (TPSA) is 46.6 Å². The summed E-state index contributed by atoms with van der Waals surface area (Å²) in [6.45, 7) is 0.684. The number of carbonyl (C=O) groups excluding carboxylic acids is 2. The summed E-state index contributed by atoms with van der Waals surface area (Å²) in [4.78, 5) is 24.7. The zero-order valence-corrected chi connectivity index (χ0v) is 12.2. The van der Waals surface area contributed by atoms with Crippen molar-refractivity contribution in [2.45, 2.75) is 19.3 Å². The van der Waals surface area contributed by atoms with E-state index in [-0.39, 0.29) is 17.8 Å². The van der Waals surface area contributed by atoms with E-state index in [4.69, 9.17) is 11.6 Å². The highest BCUT2D eigenvalue weighted by Gasteiger charge is 2.29. The molecule has 0 radical (unpaired) electrons. The van der Waals surface area contributed by atoms with E-state index in [0.717, 1.165) is 11.3 Å². The number of halogens is 1. The van der Waals surface area contributed by atoms with Crippen LogP contribution in [0.5, 0.6) is 0 Å². The summed E-state index contributed by atoms with van der Waals surface area (Å²) in [5.74, 6) is 0.661. The van der Waals surface area contributed by atoms with Crippen molar-refractivity contribution >= 4 is 29.2 Å². The van der Waals surface area contributed by atoms with Crippen molar-refractivity contribution < 1.29 is 14.3 Å². The van der Waals surface area contributed by atoms with Crippen molar-refractivity contribution in [3.8, 4) is 0 Å². The lowest BCUT2D eigenvalue weighted by Gasteiger charge is -2.16. The van der Waals surface area contributed by atoms with Crippen molar-refractivity contribution in [1.29, 1.82) is 0 Å².